The Hall–Kier alpha value is -4.93. The van der Waals surface area contributed by atoms with E-state index >= 15 is 0 Å². The van der Waals surface area contributed by atoms with Crippen molar-refractivity contribution in [3.63, 3.8) is 0 Å². The van der Waals surface area contributed by atoms with E-state index in [-0.39, 0.29) is 36.5 Å². The summed E-state index contributed by atoms with van der Waals surface area (Å²) in [5.74, 6) is -4.58. The number of amides is 1. The zero-order valence-electron chi connectivity index (χ0n) is 26.9. The first-order valence-electron chi connectivity index (χ1n) is 15.6. The molecule has 1 amide bonds. The summed E-state index contributed by atoms with van der Waals surface area (Å²) in [6, 6.07) is 21.6. The number of carbonyl (C=O) groups is 3. The number of Topliss-reactive ketones (excluding diaryl/α,β-unsaturated/α-hetero) is 2. The Morgan fingerprint density at radius 2 is 1.51 bits per heavy atom. The van der Waals surface area contributed by atoms with E-state index in [0.29, 0.717) is 12.2 Å². The number of fused-ring (bicyclic) bond motifs is 3. The number of aliphatic hydroxyl groups is 2. The van der Waals surface area contributed by atoms with Crippen molar-refractivity contribution in [2.24, 2.45) is 17.6 Å². The average Bonchev–Trinajstić information content (AvgIpc) is 3.04. The third kappa shape index (κ3) is 5.37. The lowest BCUT2D eigenvalue weighted by Crippen LogP contribution is -2.64. The monoisotopic (exact) mass is 637 g/mol. The number of benzene rings is 3. The lowest BCUT2D eigenvalue weighted by Gasteiger charge is -2.51. The number of ketones is 2. The van der Waals surface area contributed by atoms with Crippen molar-refractivity contribution in [1.29, 1.82) is 0 Å². The molecule has 4 atom stereocenters. The van der Waals surface area contributed by atoms with E-state index in [1.54, 1.807) is 25.1 Å². The highest BCUT2D eigenvalue weighted by molar-refractivity contribution is 6.25. The highest BCUT2D eigenvalue weighted by atomic mass is 16.5. The molecule has 0 aromatic heterocycles. The van der Waals surface area contributed by atoms with E-state index in [9.17, 15) is 24.6 Å². The topological polar surface area (TPSA) is 143 Å². The van der Waals surface area contributed by atoms with Crippen LogP contribution in [0.3, 0.4) is 0 Å². The Kier molecular flexibility index (Phi) is 8.42. The third-order valence-electron chi connectivity index (χ3n) is 9.50. The molecule has 0 unspecified atom stereocenters. The molecule has 10 nitrogen and oxygen atoms in total. The number of likely N-dealkylation sites (N-methyl/N-ethyl adjacent to an activating group) is 1. The Bertz CT molecular complexity index is 1800. The fraction of sp³-hybridized carbons (Fsp3) is 0.324. The Labute approximate surface area is 273 Å². The van der Waals surface area contributed by atoms with Gasteiger partial charge in [-0.2, -0.15) is 0 Å². The van der Waals surface area contributed by atoms with Crippen molar-refractivity contribution in [2.45, 2.75) is 37.7 Å². The number of primary amides is 1. The number of hydrogen-bond donors (Lipinski definition) is 3. The molecule has 4 N–H and O–H groups in total. The van der Waals surface area contributed by atoms with E-state index in [1.165, 1.54) is 0 Å². The number of aliphatic hydroxyl groups excluding tert-OH is 1. The first-order chi connectivity index (χ1) is 22.4. The fourth-order valence-corrected chi connectivity index (χ4v) is 7.36. The van der Waals surface area contributed by atoms with Gasteiger partial charge in [-0.3, -0.25) is 19.3 Å². The Morgan fingerprint density at radius 1 is 0.915 bits per heavy atom. The summed E-state index contributed by atoms with van der Waals surface area (Å²) in [5.41, 5.74) is 6.17. The van der Waals surface area contributed by atoms with Crippen LogP contribution < -0.4 is 15.4 Å². The van der Waals surface area contributed by atoms with Gasteiger partial charge in [0.2, 0.25) is 5.78 Å². The van der Waals surface area contributed by atoms with Crippen LogP contribution in [0.1, 0.15) is 33.5 Å². The number of carbonyl (C=O) groups excluding carboxylic acids is 3. The molecule has 244 valence electrons. The number of rotatable bonds is 9. The second-order valence-electron chi connectivity index (χ2n) is 12.8. The van der Waals surface area contributed by atoms with Crippen LogP contribution in [0.5, 0.6) is 5.75 Å². The van der Waals surface area contributed by atoms with E-state index in [4.69, 9.17) is 15.2 Å². The number of ether oxygens (including phenoxy) is 2. The predicted octanol–water partition coefficient (Wildman–Crippen LogP) is 3.72. The molecule has 6 rings (SSSR count). The van der Waals surface area contributed by atoms with Gasteiger partial charge in [-0.1, -0.05) is 60.7 Å². The molecular weight excluding hydrogens is 598 g/mol. The van der Waals surface area contributed by atoms with Crippen molar-refractivity contribution in [3.05, 3.63) is 118 Å². The fourth-order valence-electron chi connectivity index (χ4n) is 7.36. The van der Waals surface area contributed by atoms with Crippen LogP contribution in [0.2, 0.25) is 0 Å². The minimum atomic E-state index is -2.58. The van der Waals surface area contributed by atoms with Gasteiger partial charge in [-0.25, -0.2) is 0 Å². The highest BCUT2D eigenvalue weighted by Gasteiger charge is 2.63. The molecule has 47 heavy (non-hydrogen) atoms. The van der Waals surface area contributed by atoms with Gasteiger partial charge in [0, 0.05) is 31.3 Å². The van der Waals surface area contributed by atoms with Gasteiger partial charge < -0.3 is 30.3 Å². The van der Waals surface area contributed by atoms with Crippen LogP contribution in [-0.2, 0) is 34.0 Å². The molecule has 3 aromatic rings. The smallest absolute Gasteiger partial charge is 0.255 e. The van der Waals surface area contributed by atoms with Crippen LogP contribution in [0.15, 0.2) is 95.5 Å². The zero-order valence-corrected chi connectivity index (χ0v) is 26.9. The first kappa shape index (κ1) is 32.0. The molecule has 3 aliphatic carbocycles. The lowest BCUT2D eigenvalue weighted by molar-refractivity contribution is -0.149. The normalized spacial score (nSPS) is 23.7. The summed E-state index contributed by atoms with van der Waals surface area (Å²) in [6.45, 7) is 0.264. The van der Waals surface area contributed by atoms with Gasteiger partial charge in [0.05, 0.1) is 11.6 Å². The highest BCUT2D eigenvalue weighted by Crippen LogP contribution is 2.53. The predicted molar refractivity (Wildman–Crippen MR) is 176 cm³/mol. The maximum Gasteiger partial charge on any atom is 0.255 e. The summed E-state index contributed by atoms with van der Waals surface area (Å²) in [6.07, 6.45) is 0.506. The summed E-state index contributed by atoms with van der Waals surface area (Å²) >= 11 is 0. The summed E-state index contributed by atoms with van der Waals surface area (Å²) in [7, 11) is 7.26. The summed E-state index contributed by atoms with van der Waals surface area (Å²) in [4.78, 5) is 45.2. The van der Waals surface area contributed by atoms with Crippen LogP contribution in [0.25, 0.3) is 0 Å². The molecule has 0 saturated carbocycles. The molecule has 3 aromatic carbocycles. The van der Waals surface area contributed by atoms with Crippen LogP contribution >= 0.6 is 0 Å². The van der Waals surface area contributed by atoms with Gasteiger partial charge >= 0.3 is 0 Å². The van der Waals surface area contributed by atoms with Crippen molar-refractivity contribution < 1.29 is 34.1 Å². The van der Waals surface area contributed by atoms with Crippen molar-refractivity contribution >= 4 is 23.2 Å². The van der Waals surface area contributed by atoms with E-state index in [0.717, 1.165) is 22.4 Å². The zero-order chi connectivity index (χ0) is 33.6. The van der Waals surface area contributed by atoms with Crippen molar-refractivity contribution in [3.8, 4) is 5.75 Å². The molecule has 0 fully saturated rings. The maximum absolute atomic E-state index is 14.5. The molecule has 0 saturated heterocycles. The standard InChI is InChI=1S/C37H39N3O7/c1-39(2)26-15-16-27(46-19-21-11-7-5-8-12-21)29-24(26)17-23-18-25-31(40(3)4)33(47-20-22-13-9-6-10-14-22)30(36(38)44)35(43)37(25,45)34(42)28(23)32(29)41/h5-16,23,25,31,42,45H,17-20H2,1-4H3,(H2,38,44)/t23-,25-,31-,37+/m1/s1. The SMILES string of the molecule is CN(C)c1ccc(OCc2ccccc2)c2c1C[C@@H]1C[C@@H]3[C@@H](N(C)C)C(OCc4ccccc4)=C(C(N)=O)C(=O)[C@@]3(O)C(O)=C1C2=O. The Morgan fingerprint density at radius 3 is 2.06 bits per heavy atom. The van der Waals surface area contributed by atoms with Crippen LogP contribution in [0, 0.1) is 11.8 Å². The maximum atomic E-state index is 14.5. The molecule has 0 heterocycles. The molecule has 0 bridgehead atoms. The molecule has 10 heteroatoms. The van der Waals surface area contributed by atoms with Gasteiger partial charge in [0.1, 0.15) is 36.1 Å². The van der Waals surface area contributed by atoms with E-state index < -0.39 is 52.3 Å². The number of allylic oxidation sites excluding steroid dienone is 1. The molecule has 0 spiro atoms. The average molecular weight is 638 g/mol. The van der Waals surface area contributed by atoms with Crippen LogP contribution in [-0.4, -0.2) is 72.4 Å². The minimum Gasteiger partial charge on any atom is -0.508 e. The molecule has 0 radical (unpaired) electrons. The Balaban J connectivity index is 1.46. The first-order valence-corrected chi connectivity index (χ1v) is 15.6. The minimum absolute atomic E-state index is 0.0374. The number of anilines is 1. The van der Waals surface area contributed by atoms with E-state index in [1.807, 2.05) is 85.7 Å². The number of hydrogen-bond acceptors (Lipinski definition) is 9. The third-order valence-corrected chi connectivity index (χ3v) is 9.50. The second kappa shape index (κ2) is 12.4. The lowest BCUT2D eigenvalue weighted by atomic mass is 9.58. The van der Waals surface area contributed by atoms with Gasteiger partial charge in [-0.15, -0.1) is 0 Å². The van der Waals surface area contributed by atoms with Gasteiger partial charge in [0.25, 0.3) is 5.91 Å². The number of nitrogens with zero attached hydrogens (tertiary/aromatic N) is 2. The largest absolute Gasteiger partial charge is 0.508 e. The summed E-state index contributed by atoms with van der Waals surface area (Å²) in [5, 5.41) is 24.2. The molecular formula is C37H39N3O7. The summed E-state index contributed by atoms with van der Waals surface area (Å²) < 4.78 is 12.4. The van der Waals surface area contributed by atoms with Gasteiger partial charge in [0.15, 0.2) is 11.4 Å². The van der Waals surface area contributed by atoms with Gasteiger partial charge in [-0.05, 0) is 61.7 Å². The van der Waals surface area contributed by atoms with Crippen molar-refractivity contribution in [2.75, 3.05) is 33.1 Å². The quantitative estimate of drug-likeness (QED) is 0.299. The van der Waals surface area contributed by atoms with Crippen molar-refractivity contribution in [1.82, 2.24) is 4.90 Å². The van der Waals surface area contributed by atoms with Crippen LogP contribution in [0.4, 0.5) is 5.69 Å². The van der Waals surface area contributed by atoms with E-state index in [2.05, 4.69) is 0 Å². The number of nitrogens with two attached hydrogens (primary N) is 1. The second-order valence-corrected chi connectivity index (χ2v) is 12.8. The molecule has 0 aliphatic heterocycles. The molecule has 3 aliphatic rings.